The first-order valence-corrected chi connectivity index (χ1v) is 5.02. The van der Waals surface area contributed by atoms with Gasteiger partial charge in [0.2, 0.25) is 17.8 Å². The zero-order valence-corrected chi connectivity index (χ0v) is 9.73. The predicted octanol–water partition coefficient (Wildman–Crippen LogP) is 0.366. The van der Waals surface area contributed by atoms with Crippen molar-refractivity contribution in [3.05, 3.63) is 0 Å². The van der Waals surface area contributed by atoms with Crippen molar-refractivity contribution in [2.24, 2.45) is 0 Å². The summed E-state index contributed by atoms with van der Waals surface area (Å²) in [6.07, 6.45) is 0. The molecular formula is C9H18N6. The normalized spacial score (nSPS) is 10.1. The molecule has 6 heteroatoms. The van der Waals surface area contributed by atoms with Gasteiger partial charge in [-0.3, -0.25) is 0 Å². The van der Waals surface area contributed by atoms with E-state index in [1.807, 2.05) is 23.9 Å². The molecule has 1 aromatic rings. The molecule has 0 spiro atoms. The van der Waals surface area contributed by atoms with E-state index in [-0.39, 0.29) is 5.95 Å². The molecule has 6 nitrogen and oxygen atoms in total. The van der Waals surface area contributed by atoms with Crippen molar-refractivity contribution in [1.82, 2.24) is 15.0 Å². The Morgan fingerprint density at radius 3 is 2.00 bits per heavy atom. The molecule has 0 atom stereocenters. The van der Waals surface area contributed by atoms with Crippen LogP contribution in [0.2, 0.25) is 0 Å². The molecule has 0 fully saturated rings. The average Bonchev–Trinajstić information content (AvgIpc) is 2.18. The van der Waals surface area contributed by atoms with Crippen molar-refractivity contribution in [2.45, 2.75) is 13.8 Å². The second-order valence-corrected chi connectivity index (χ2v) is 3.36. The zero-order valence-electron chi connectivity index (χ0n) is 9.73. The van der Waals surface area contributed by atoms with Crippen LogP contribution in [0.4, 0.5) is 17.8 Å². The molecule has 0 bridgehead atoms. The summed E-state index contributed by atoms with van der Waals surface area (Å²) in [6, 6.07) is 0. The van der Waals surface area contributed by atoms with Crippen LogP contribution in [0.1, 0.15) is 13.8 Å². The number of nitrogens with zero attached hydrogens (tertiary/aromatic N) is 5. The highest BCUT2D eigenvalue weighted by Gasteiger charge is 2.10. The number of hydrogen-bond acceptors (Lipinski definition) is 6. The van der Waals surface area contributed by atoms with Gasteiger partial charge >= 0.3 is 0 Å². The minimum absolute atomic E-state index is 0.260. The fourth-order valence-corrected chi connectivity index (χ4v) is 1.22. The molecule has 0 radical (unpaired) electrons. The third kappa shape index (κ3) is 2.68. The van der Waals surface area contributed by atoms with Crippen molar-refractivity contribution in [1.29, 1.82) is 0 Å². The second-order valence-electron chi connectivity index (χ2n) is 3.36. The molecule has 1 aromatic heterocycles. The van der Waals surface area contributed by atoms with E-state index >= 15 is 0 Å². The molecule has 0 aliphatic carbocycles. The smallest absolute Gasteiger partial charge is 0.231 e. The molecule has 84 valence electrons. The Kier molecular flexibility index (Phi) is 3.65. The first-order chi connectivity index (χ1) is 7.08. The Balaban J connectivity index is 3.07. The van der Waals surface area contributed by atoms with E-state index < -0.39 is 0 Å². The molecule has 0 amide bonds. The van der Waals surface area contributed by atoms with Crippen molar-refractivity contribution >= 4 is 17.8 Å². The van der Waals surface area contributed by atoms with Gasteiger partial charge in [0.1, 0.15) is 0 Å². The number of nitrogens with two attached hydrogens (primary N) is 1. The number of hydrogen-bond donors (Lipinski definition) is 1. The molecule has 15 heavy (non-hydrogen) atoms. The van der Waals surface area contributed by atoms with E-state index in [0.29, 0.717) is 11.9 Å². The molecule has 0 aromatic carbocycles. The van der Waals surface area contributed by atoms with Gasteiger partial charge in [0.05, 0.1) is 0 Å². The highest BCUT2D eigenvalue weighted by atomic mass is 15.3. The lowest BCUT2D eigenvalue weighted by Crippen LogP contribution is -2.26. The number of rotatable bonds is 4. The first kappa shape index (κ1) is 11.5. The lowest BCUT2D eigenvalue weighted by atomic mass is 10.5. The van der Waals surface area contributed by atoms with Crippen molar-refractivity contribution in [3.63, 3.8) is 0 Å². The van der Waals surface area contributed by atoms with Gasteiger partial charge in [-0.05, 0) is 13.8 Å². The lowest BCUT2D eigenvalue weighted by Gasteiger charge is -2.20. The molecule has 2 N–H and O–H groups in total. The van der Waals surface area contributed by atoms with Gasteiger partial charge in [-0.15, -0.1) is 0 Å². The first-order valence-electron chi connectivity index (χ1n) is 5.02. The van der Waals surface area contributed by atoms with E-state index in [1.165, 1.54) is 0 Å². The number of anilines is 3. The standard InChI is InChI=1S/C9H18N6/c1-5-15(6-2)9-12-7(10)11-8(13-9)14(3)4/h5-6H2,1-4H3,(H2,10,11,12,13). The fourth-order valence-electron chi connectivity index (χ4n) is 1.22. The minimum Gasteiger partial charge on any atom is -0.368 e. The number of nitrogen functional groups attached to an aromatic ring is 1. The van der Waals surface area contributed by atoms with E-state index in [1.54, 1.807) is 0 Å². The van der Waals surface area contributed by atoms with Crippen molar-refractivity contribution in [3.8, 4) is 0 Å². The Morgan fingerprint density at radius 2 is 1.53 bits per heavy atom. The van der Waals surface area contributed by atoms with Crippen molar-refractivity contribution in [2.75, 3.05) is 42.7 Å². The van der Waals surface area contributed by atoms with Crippen LogP contribution in [0.15, 0.2) is 0 Å². The maximum absolute atomic E-state index is 5.63. The van der Waals surface area contributed by atoms with Crippen LogP contribution in [0.25, 0.3) is 0 Å². The average molecular weight is 210 g/mol. The monoisotopic (exact) mass is 210 g/mol. The molecule has 1 heterocycles. The summed E-state index contributed by atoms with van der Waals surface area (Å²) in [7, 11) is 3.75. The third-order valence-corrected chi connectivity index (χ3v) is 2.08. The summed E-state index contributed by atoms with van der Waals surface area (Å²) < 4.78 is 0. The summed E-state index contributed by atoms with van der Waals surface area (Å²) in [5.41, 5.74) is 5.63. The highest BCUT2D eigenvalue weighted by molar-refractivity contribution is 5.42. The molecule has 0 unspecified atom stereocenters. The van der Waals surface area contributed by atoms with Crippen LogP contribution in [-0.2, 0) is 0 Å². The van der Waals surface area contributed by atoms with Crippen molar-refractivity contribution < 1.29 is 0 Å². The van der Waals surface area contributed by atoms with Crippen LogP contribution < -0.4 is 15.5 Å². The Hall–Kier alpha value is -1.59. The van der Waals surface area contributed by atoms with Crippen LogP contribution in [-0.4, -0.2) is 42.1 Å². The molecule has 0 aliphatic rings. The van der Waals surface area contributed by atoms with Crippen LogP contribution in [0.3, 0.4) is 0 Å². The molecule has 1 rings (SSSR count). The quantitative estimate of drug-likeness (QED) is 0.774. The van der Waals surface area contributed by atoms with Gasteiger partial charge in [0, 0.05) is 27.2 Å². The summed E-state index contributed by atoms with van der Waals surface area (Å²) in [6.45, 7) is 5.82. The van der Waals surface area contributed by atoms with Gasteiger partial charge in [-0.2, -0.15) is 15.0 Å². The summed E-state index contributed by atoms with van der Waals surface area (Å²) in [4.78, 5) is 16.3. The number of aromatic nitrogens is 3. The summed E-state index contributed by atoms with van der Waals surface area (Å²) in [5.74, 6) is 1.48. The largest absolute Gasteiger partial charge is 0.368 e. The van der Waals surface area contributed by atoms with Gasteiger partial charge in [-0.25, -0.2) is 0 Å². The van der Waals surface area contributed by atoms with E-state index in [0.717, 1.165) is 13.1 Å². The predicted molar refractivity (Wildman–Crippen MR) is 62.1 cm³/mol. The Labute approximate surface area is 90.1 Å². The van der Waals surface area contributed by atoms with E-state index in [4.69, 9.17) is 5.73 Å². The van der Waals surface area contributed by atoms with Gasteiger partial charge in [-0.1, -0.05) is 0 Å². The highest BCUT2D eigenvalue weighted by Crippen LogP contribution is 2.12. The minimum atomic E-state index is 0.260. The maximum Gasteiger partial charge on any atom is 0.231 e. The SMILES string of the molecule is CCN(CC)c1nc(N)nc(N(C)C)n1. The zero-order chi connectivity index (χ0) is 11.4. The van der Waals surface area contributed by atoms with E-state index in [9.17, 15) is 0 Å². The van der Waals surface area contributed by atoms with Gasteiger partial charge in [0.25, 0.3) is 0 Å². The van der Waals surface area contributed by atoms with Gasteiger partial charge < -0.3 is 15.5 Å². The molecular weight excluding hydrogens is 192 g/mol. The molecule has 0 aliphatic heterocycles. The summed E-state index contributed by atoms with van der Waals surface area (Å²) >= 11 is 0. The fraction of sp³-hybridized carbons (Fsp3) is 0.667. The lowest BCUT2D eigenvalue weighted by molar-refractivity contribution is 0.809. The second kappa shape index (κ2) is 4.77. The Bertz CT molecular complexity index is 320. The van der Waals surface area contributed by atoms with Crippen LogP contribution in [0.5, 0.6) is 0 Å². The summed E-state index contributed by atoms with van der Waals surface area (Å²) in [5, 5.41) is 0. The van der Waals surface area contributed by atoms with Gasteiger partial charge in [0.15, 0.2) is 0 Å². The van der Waals surface area contributed by atoms with Crippen LogP contribution >= 0.6 is 0 Å². The van der Waals surface area contributed by atoms with Crippen LogP contribution in [0, 0.1) is 0 Å². The third-order valence-electron chi connectivity index (χ3n) is 2.08. The maximum atomic E-state index is 5.63. The molecule has 0 saturated carbocycles. The topological polar surface area (TPSA) is 71.2 Å². The Morgan fingerprint density at radius 1 is 1.00 bits per heavy atom. The van der Waals surface area contributed by atoms with E-state index in [2.05, 4.69) is 28.8 Å². The molecule has 0 saturated heterocycles.